The van der Waals surface area contributed by atoms with Gasteiger partial charge in [0.15, 0.2) is 13.2 Å². The molecule has 2 aromatic carbocycles. The molecule has 0 spiro atoms. The predicted molar refractivity (Wildman–Crippen MR) is 96.5 cm³/mol. The molecule has 0 fully saturated rings. The SMILES string of the molecule is NC(=O)COc1ccc(/C=N\NC(=O)COc2ccc(Br)cc2)cc1. The number of ether oxygens (including phenoxy) is 2. The average molecular weight is 406 g/mol. The Kier molecular flexibility index (Phi) is 6.97. The van der Waals surface area contributed by atoms with Gasteiger partial charge < -0.3 is 15.2 Å². The van der Waals surface area contributed by atoms with Crippen molar-refractivity contribution in [1.29, 1.82) is 0 Å². The fourth-order valence-corrected chi connectivity index (χ4v) is 1.96. The van der Waals surface area contributed by atoms with Gasteiger partial charge in [0.05, 0.1) is 6.21 Å². The number of hydrogen-bond donors (Lipinski definition) is 2. The van der Waals surface area contributed by atoms with Crippen molar-refractivity contribution in [3.63, 3.8) is 0 Å². The van der Waals surface area contributed by atoms with Crippen LogP contribution in [-0.2, 0) is 9.59 Å². The average Bonchev–Trinajstić information content (AvgIpc) is 2.60. The molecule has 0 saturated heterocycles. The number of carbonyl (C=O) groups is 2. The number of hydrazone groups is 1. The van der Waals surface area contributed by atoms with Crippen molar-refractivity contribution in [2.24, 2.45) is 10.8 Å². The number of primary amides is 1. The van der Waals surface area contributed by atoms with Crippen molar-refractivity contribution in [2.45, 2.75) is 0 Å². The molecule has 2 amide bonds. The third kappa shape index (κ3) is 7.05. The van der Waals surface area contributed by atoms with Gasteiger partial charge in [-0.1, -0.05) is 15.9 Å². The molecule has 0 unspecified atom stereocenters. The van der Waals surface area contributed by atoms with E-state index in [0.29, 0.717) is 11.5 Å². The Hall–Kier alpha value is -2.87. The van der Waals surface area contributed by atoms with E-state index < -0.39 is 5.91 Å². The number of nitrogens with two attached hydrogens (primary N) is 1. The number of rotatable bonds is 8. The third-order valence-corrected chi connectivity index (χ3v) is 3.38. The summed E-state index contributed by atoms with van der Waals surface area (Å²) in [5, 5.41) is 3.84. The summed E-state index contributed by atoms with van der Waals surface area (Å²) in [5.74, 6) is 0.191. The van der Waals surface area contributed by atoms with Crippen molar-refractivity contribution in [3.05, 3.63) is 58.6 Å². The molecule has 0 heterocycles. The van der Waals surface area contributed by atoms with Crippen LogP contribution in [0.3, 0.4) is 0 Å². The van der Waals surface area contributed by atoms with Crippen LogP contribution in [0.5, 0.6) is 11.5 Å². The highest BCUT2D eigenvalue weighted by atomic mass is 79.9. The molecule has 0 aliphatic carbocycles. The Morgan fingerprint density at radius 2 is 1.56 bits per heavy atom. The van der Waals surface area contributed by atoms with Gasteiger partial charge in [0.1, 0.15) is 11.5 Å². The van der Waals surface area contributed by atoms with Gasteiger partial charge in [0.2, 0.25) is 0 Å². The second-order valence-corrected chi connectivity index (χ2v) is 5.78. The quantitative estimate of drug-likeness (QED) is 0.516. The molecular weight excluding hydrogens is 390 g/mol. The van der Waals surface area contributed by atoms with Gasteiger partial charge in [-0.2, -0.15) is 5.10 Å². The van der Waals surface area contributed by atoms with E-state index in [9.17, 15) is 9.59 Å². The molecule has 0 saturated carbocycles. The Labute approximate surface area is 152 Å². The molecule has 0 bridgehead atoms. The van der Waals surface area contributed by atoms with Crippen LogP contribution in [-0.4, -0.2) is 31.2 Å². The van der Waals surface area contributed by atoms with Crippen molar-refractivity contribution >= 4 is 34.0 Å². The monoisotopic (exact) mass is 405 g/mol. The lowest BCUT2D eigenvalue weighted by atomic mass is 10.2. The Bertz CT molecular complexity index is 745. The molecule has 7 nitrogen and oxygen atoms in total. The van der Waals surface area contributed by atoms with Gasteiger partial charge in [-0.25, -0.2) is 5.43 Å². The summed E-state index contributed by atoms with van der Waals surface area (Å²) >= 11 is 3.32. The lowest BCUT2D eigenvalue weighted by Gasteiger charge is -2.05. The first-order valence-corrected chi connectivity index (χ1v) is 8.03. The molecular formula is C17H16BrN3O4. The number of hydrogen-bond acceptors (Lipinski definition) is 5. The maximum Gasteiger partial charge on any atom is 0.277 e. The van der Waals surface area contributed by atoms with Crippen molar-refractivity contribution < 1.29 is 19.1 Å². The standard InChI is InChI=1S/C17H16BrN3O4/c18-13-3-7-15(8-4-13)25-11-17(23)21-20-9-12-1-5-14(6-2-12)24-10-16(19)22/h1-9H,10-11H2,(H2,19,22)(H,21,23)/b20-9-. The lowest BCUT2D eigenvalue weighted by Crippen LogP contribution is -2.24. The van der Waals surface area contributed by atoms with E-state index in [1.54, 1.807) is 36.4 Å². The number of nitrogens with zero attached hydrogens (tertiary/aromatic N) is 1. The number of benzene rings is 2. The van der Waals surface area contributed by atoms with Crippen molar-refractivity contribution in [3.8, 4) is 11.5 Å². The number of halogens is 1. The second kappa shape index (κ2) is 9.43. The minimum atomic E-state index is -0.543. The van der Waals surface area contributed by atoms with Gasteiger partial charge >= 0.3 is 0 Å². The van der Waals surface area contributed by atoms with Gasteiger partial charge in [0.25, 0.3) is 11.8 Å². The smallest absolute Gasteiger partial charge is 0.277 e. The van der Waals surface area contributed by atoms with Crippen LogP contribution in [0, 0.1) is 0 Å². The molecule has 0 atom stereocenters. The van der Waals surface area contributed by atoms with Crippen LogP contribution in [0.1, 0.15) is 5.56 Å². The van der Waals surface area contributed by atoms with Crippen LogP contribution in [0.15, 0.2) is 58.1 Å². The molecule has 2 aromatic rings. The summed E-state index contributed by atoms with van der Waals surface area (Å²) in [6, 6.07) is 13.9. The molecule has 130 valence electrons. The van der Waals surface area contributed by atoms with Crippen LogP contribution in [0.25, 0.3) is 0 Å². The Morgan fingerprint density at radius 1 is 1.00 bits per heavy atom. The van der Waals surface area contributed by atoms with E-state index >= 15 is 0 Å². The van der Waals surface area contributed by atoms with Crippen molar-refractivity contribution in [2.75, 3.05) is 13.2 Å². The number of amides is 2. The first-order valence-electron chi connectivity index (χ1n) is 7.24. The zero-order valence-corrected chi connectivity index (χ0v) is 14.7. The van der Waals surface area contributed by atoms with E-state index in [1.165, 1.54) is 6.21 Å². The van der Waals surface area contributed by atoms with Crippen molar-refractivity contribution in [1.82, 2.24) is 5.43 Å². The normalized spacial score (nSPS) is 10.4. The fraction of sp³-hybridized carbons (Fsp3) is 0.118. The third-order valence-electron chi connectivity index (χ3n) is 2.85. The Balaban J connectivity index is 1.74. The van der Waals surface area contributed by atoms with Crippen LogP contribution >= 0.6 is 15.9 Å². The van der Waals surface area contributed by atoms with E-state index in [4.69, 9.17) is 15.2 Å². The summed E-state index contributed by atoms with van der Waals surface area (Å²) in [4.78, 5) is 22.3. The van der Waals surface area contributed by atoms with Gasteiger partial charge in [-0.15, -0.1) is 0 Å². The van der Waals surface area contributed by atoms with E-state index in [2.05, 4.69) is 26.5 Å². The van der Waals surface area contributed by atoms with E-state index in [1.807, 2.05) is 12.1 Å². The van der Waals surface area contributed by atoms with Gasteiger partial charge in [-0.3, -0.25) is 9.59 Å². The molecule has 0 radical (unpaired) electrons. The van der Waals surface area contributed by atoms with Gasteiger partial charge in [0, 0.05) is 4.47 Å². The minimum Gasteiger partial charge on any atom is -0.484 e. The number of carbonyl (C=O) groups excluding carboxylic acids is 2. The second-order valence-electron chi connectivity index (χ2n) is 4.86. The molecule has 0 aromatic heterocycles. The highest BCUT2D eigenvalue weighted by molar-refractivity contribution is 9.10. The summed E-state index contributed by atoms with van der Waals surface area (Å²) in [6.45, 7) is -0.319. The molecule has 3 N–H and O–H groups in total. The molecule has 2 rings (SSSR count). The molecule has 0 aliphatic rings. The summed E-state index contributed by atoms with van der Waals surface area (Å²) in [5.41, 5.74) is 8.12. The maximum atomic E-state index is 11.7. The molecule has 25 heavy (non-hydrogen) atoms. The predicted octanol–water partition coefficient (Wildman–Crippen LogP) is 1.84. The summed E-state index contributed by atoms with van der Waals surface area (Å²) in [6.07, 6.45) is 1.48. The van der Waals surface area contributed by atoms with Crippen LogP contribution < -0.4 is 20.6 Å². The molecule has 8 heteroatoms. The fourth-order valence-electron chi connectivity index (χ4n) is 1.70. The largest absolute Gasteiger partial charge is 0.484 e. The maximum absolute atomic E-state index is 11.7. The first kappa shape index (κ1) is 18.5. The van der Waals surface area contributed by atoms with Gasteiger partial charge in [-0.05, 0) is 54.1 Å². The highest BCUT2D eigenvalue weighted by Crippen LogP contribution is 2.15. The lowest BCUT2D eigenvalue weighted by molar-refractivity contribution is -0.123. The summed E-state index contributed by atoms with van der Waals surface area (Å²) in [7, 11) is 0. The first-order chi connectivity index (χ1) is 12.0. The zero-order valence-electron chi connectivity index (χ0n) is 13.1. The highest BCUT2D eigenvalue weighted by Gasteiger charge is 2.01. The van der Waals surface area contributed by atoms with Crippen LogP contribution in [0.4, 0.5) is 0 Å². The minimum absolute atomic E-state index is 0.140. The topological polar surface area (TPSA) is 103 Å². The number of nitrogens with one attached hydrogen (secondary N) is 1. The molecule has 0 aliphatic heterocycles. The van der Waals surface area contributed by atoms with E-state index in [-0.39, 0.29) is 19.1 Å². The summed E-state index contributed by atoms with van der Waals surface area (Å²) < 4.78 is 11.4. The van der Waals surface area contributed by atoms with Crippen LogP contribution in [0.2, 0.25) is 0 Å². The zero-order chi connectivity index (χ0) is 18.1. The Morgan fingerprint density at radius 3 is 2.16 bits per heavy atom. The van der Waals surface area contributed by atoms with E-state index in [0.717, 1.165) is 10.0 Å².